The first-order valence-corrected chi connectivity index (χ1v) is 8.17. The molecule has 1 aromatic carbocycles. The van der Waals surface area contributed by atoms with E-state index < -0.39 is 29.9 Å². The highest BCUT2D eigenvalue weighted by molar-refractivity contribution is 5.98. The molecule has 0 bridgehead atoms. The van der Waals surface area contributed by atoms with Crippen molar-refractivity contribution in [3.8, 4) is 0 Å². The van der Waals surface area contributed by atoms with Crippen LogP contribution in [0.25, 0.3) is 0 Å². The Morgan fingerprint density at radius 3 is 2.35 bits per heavy atom. The number of hydrogen-bond acceptors (Lipinski definition) is 4. The number of carbonyl (C=O) groups excluding carboxylic acids is 2. The van der Waals surface area contributed by atoms with Gasteiger partial charge in [0.15, 0.2) is 0 Å². The lowest BCUT2D eigenvalue weighted by Gasteiger charge is -2.21. The summed E-state index contributed by atoms with van der Waals surface area (Å²) in [6.45, 7) is 3.28. The fraction of sp³-hybridized carbons (Fsp3) is 0.263. The smallest absolute Gasteiger partial charge is 0.325 e. The molecule has 0 unspecified atom stereocenters. The fourth-order valence-corrected chi connectivity index (χ4v) is 2.39. The molecular weight excluding hydrogens is 334 g/mol. The summed E-state index contributed by atoms with van der Waals surface area (Å²) in [4.78, 5) is 39.8. The van der Waals surface area contributed by atoms with E-state index in [9.17, 15) is 14.4 Å². The zero-order valence-corrected chi connectivity index (χ0v) is 14.6. The van der Waals surface area contributed by atoms with Crippen molar-refractivity contribution in [2.45, 2.75) is 32.4 Å². The Hall–Kier alpha value is -3.22. The number of carbonyl (C=O) groups is 3. The van der Waals surface area contributed by atoms with E-state index in [4.69, 9.17) is 5.11 Å². The van der Waals surface area contributed by atoms with Crippen LogP contribution in [0.1, 0.15) is 28.4 Å². The van der Waals surface area contributed by atoms with Crippen LogP contribution in [0, 0.1) is 6.92 Å². The van der Waals surface area contributed by atoms with Crippen molar-refractivity contribution in [1.82, 2.24) is 15.6 Å². The standard InChI is InChI=1S/C19H21N3O4/c1-12-5-3-4-6-15(12)11-16(18(24)21-13(2)19(25)26)22-17(23)14-7-9-20-10-8-14/h3-10,13,16H,11H2,1-2H3,(H,21,24)(H,22,23)(H,25,26)/t13-,16-/m0/s1. The summed E-state index contributed by atoms with van der Waals surface area (Å²) in [6, 6.07) is 8.63. The minimum Gasteiger partial charge on any atom is -0.480 e. The Morgan fingerprint density at radius 2 is 1.73 bits per heavy atom. The van der Waals surface area contributed by atoms with E-state index in [1.54, 1.807) is 0 Å². The Morgan fingerprint density at radius 1 is 1.08 bits per heavy atom. The highest BCUT2D eigenvalue weighted by atomic mass is 16.4. The van der Waals surface area contributed by atoms with E-state index >= 15 is 0 Å². The molecular formula is C19H21N3O4. The maximum absolute atomic E-state index is 12.5. The molecule has 2 rings (SSSR count). The van der Waals surface area contributed by atoms with Crippen molar-refractivity contribution in [2.24, 2.45) is 0 Å². The second kappa shape index (κ2) is 8.75. The Labute approximate surface area is 151 Å². The molecule has 7 heteroatoms. The molecule has 0 saturated carbocycles. The maximum atomic E-state index is 12.5. The van der Waals surface area contributed by atoms with Crippen LogP contribution in [0.3, 0.4) is 0 Å². The lowest BCUT2D eigenvalue weighted by molar-refractivity contribution is -0.141. The van der Waals surface area contributed by atoms with Gasteiger partial charge in [0, 0.05) is 24.4 Å². The van der Waals surface area contributed by atoms with Crippen LogP contribution in [0.4, 0.5) is 0 Å². The average molecular weight is 355 g/mol. The van der Waals surface area contributed by atoms with Gasteiger partial charge in [-0.25, -0.2) is 0 Å². The van der Waals surface area contributed by atoms with Gasteiger partial charge in [0.2, 0.25) is 5.91 Å². The van der Waals surface area contributed by atoms with Crippen LogP contribution in [0.2, 0.25) is 0 Å². The van der Waals surface area contributed by atoms with Crippen LogP contribution >= 0.6 is 0 Å². The van der Waals surface area contributed by atoms with E-state index in [1.807, 2.05) is 31.2 Å². The number of amides is 2. The number of rotatable bonds is 7. The number of aromatic nitrogens is 1. The summed E-state index contributed by atoms with van der Waals surface area (Å²) in [6.07, 6.45) is 3.22. The molecule has 0 radical (unpaired) electrons. The van der Waals surface area contributed by atoms with Crippen LogP contribution in [-0.2, 0) is 16.0 Å². The van der Waals surface area contributed by atoms with Crippen molar-refractivity contribution < 1.29 is 19.5 Å². The third kappa shape index (κ3) is 5.14. The largest absolute Gasteiger partial charge is 0.480 e. The zero-order valence-electron chi connectivity index (χ0n) is 14.6. The summed E-state index contributed by atoms with van der Waals surface area (Å²) in [7, 11) is 0. The Bertz CT molecular complexity index is 792. The van der Waals surface area contributed by atoms with Gasteiger partial charge in [-0.05, 0) is 37.1 Å². The molecule has 0 saturated heterocycles. The summed E-state index contributed by atoms with van der Waals surface area (Å²) < 4.78 is 0. The molecule has 1 aromatic heterocycles. The fourth-order valence-electron chi connectivity index (χ4n) is 2.39. The van der Waals surface area contributed by atoms with Crippen molar-refractivity contribution in [3.63, 3.8) is 0 Å². The lowest BCUT2D eigenvalue weighted by atomic mass is 10.00. The summed E-state index contributed by atoms with van der Waals surface area (Å²) in [5, 5.41) is 14.1. The number of hydrogen-bond donors (Lipinski definition) is 3. The van der Waals surface area contributed by atoms with Gasteiger partial charge in [0.05, 0.1) is 0 Å². The molecule has 26 heavy (non-hydrogen) atoms. The number of nitrogens with zero attached hydrogens (tertiary/aromatic N) is 1. The van der Waals surface area contributed by atoms with E-state index in [1.165, 1.54) is 31.5 Å². The highest BCUT2D eigenvalue weighted by Gasteiger charge is 2.25. The molecule has 2 atom stereocenters. The predicted octanol–water partition coefficient (Wildman–Crippen LogP) is 1.32. The zero-order chi connectivity index (χ0) is 19.1. The maximum Gasteiger partial charge on any atom is 0.325 e. The minimum atomic E-state index is -1.14. The number of carboxylic acids is 1. The molecule has 2 amide bonds. The predicted molar refractivity (Wildman–Crippen MR) is 95.6 cm³/mol. The molecule has 7 nitrogen and oxygen atoms in total. The topological polar surface area (TPSA) is 108 Å². The molecule has 1 heterocycles. The minimum absolute atomic E-state index is 0.252. The van der Waals surface area contributed by atoms with Crippen molar-refractivity contribution in [1.29, 1.82) is 0 Å². The average Bonchev–Trinajstić information content (AvgIpc) is 2.63. The van der Waals surface area contributed by atoms with Crippen molar-refractivity contribution in [3.05, 3.63) is 65.5 Å². The van der Waals surface area contributed by atoms with E-state index in [0.717, 1.165) is 11.1 Å². The molecule has 0 aliphatic carbocycles. The number of pyridine rings is 1. The molecule has 0 fully saturated rings. The normalized spacial score (nSPS) is 12.7. The monoisotopic (exact) mass is 355 g/mol. The Balaban J connectivity index is 2.20. The van der Waals surface area contributed by atoms with E-state index in [0.29, 0.717) is 5.56 Å². The van der Waals surface area contributed by atoms with Gasteiger partial charge in [0.25, 0.3) is 5.91 Å². The van der Waals surface area contributed by atoms with Crippen LogP contribution < -0.4 is 10.6 Å². The van der Waals surface area contributed by atoms with Gasteiger partial charge >= 0.3 is 5.97 Å². The van der Waals surface area contributed by atoms with Crippen LogP contribution in [0.5, 0.6) is 0 Å². The first-order valence-electron chi connectivity index (χ1n) is 8.17. The van der Waals surface area contributed by atoms with E-state index in [-0.39, 0.29) is 6.42 Å². The molecule has 3 N–H and O–H groups in total. The van der Waals surface area contributed by atoms with Gasteiger partial charge in [-0.15, -0.1) is 0 Å². The molecule has 0 aliphatic heterocycles. The first-order chi connectivity index (χ1) is 12.4. The highest BCUT2D eigenvalue weighted by Crippen LogP contribution is 2.11. The number of nitrogens with one attached hydrogen (secondary N) is 2. The summed E-state index contributed by atoms with van der Waals surface area (Å²) >= 11 is 0. The summed E-state index contributed by atoms with van der Waals surface area (Å²) in [5.41, 5.74) is 2.24. The van der Waals surface area contributed by atoms with Gasteiger partial charge in [-0.3, -0.25) is 19.4 Å². The quantitative estimate of drug-likeness (QED) is 0.694. The summed E-state index contributed by atoms with van der Waals surface area (Å²) in [5.74, 6) is -2.12. The Kier molecular flexibility index (Phi) is 6.43. The second-order valence-corrected chi connectivity index (χ2v) is 5.96. The van der Waals surface area contributed by atoms with Crippen molar-refractivity contribution >= 4 is 17.8 Å². The lowest BCUT2D eigenvalue weighted by Crippen LogP contribution is -2.51. The number of benzene rings is 1. The van der Waals surface area contributed by atoms with Crippen molar-refractivity contribution in [2.75, 3.05) is 0 Å². The number of aryl methyl sites for hydroxylation is 1. The van der Waals surface area contributed by atoms with Gasteiger partial charge in [-0.1, -0.05) is 24.3 Å². The van der Waals surface area contributed by atoms with Gasteiger partial charge < -0.3 is 15.7 Å². The third-order valence-electron chi connectivity index (χ3n) is 3.98. The molecule has 136 valence electrons. The second-order valence-electron chi connectivity index (χ2n) is 5.96. The van der Waals surface area contributed by atoms with Crippen LogP contribution in [-0.4, -0.2) is 40.0 Å². The molecule has 0 aliphatic rings. The third-order valence-corrected chi connectivity index (χ3v) is 3.98. The first kappa shape index (κ1) is 19.1. The number of aliphatic carboxylic acids is 1. The number of carboxylic acid groups (broad SMARTS) is 1. The van der Waals surface area contributed by atoms with E-state index in [2.05, 4.69) is 15.6 Å². The molecule has 2 aromatic rings. The molecule has 0 spiro atoms. The van der Waals surface area contributed by atoms with Gasteiger partial charge in [-0.2, -0.15) is 0 Å². The SMILES string of the molecule is Cc1ccccc1C[C@H](NC(=O)c1ccncc1)C(=O)N[C@@H](C)C(=O)O. The van der Waals surface area contributed by atoms with Gasteiger partial charge in [0.1, 0.15) is 12.1 Å². The van der Waals surface area contributed by atoms with Crippen LogP contribution in [0.15, 0.2) is 48.8 Å².